The molecule has 0 aromatic heterocycles. The maximum absolute atomic E-state index is 14.4. The maximum Gasteiger partial charge on any atom is 0.256 e. The van der Waals surface area contributed by atoms with Crippen LogP contribution in [0.3, 0.4) is 0 Å². The summed E-state index contributed by atoms with van der Waals surface area (Å²) in [6.07, 6.45) is 0.346. The van der Waals surface area contributed by atoms with Gasteiger partial charge in [0.2, 0.25) is 33.7 Å². The molecule has 0 aliphatic carbocycles. The van der Waals surface area contributed by atoms with Crippen LogP contribution in [0.1, 0.15) is 85.3 Å². The Kier molecular flexibility index (Phi) is 20.7. The zero-order valence-corrected chi connectivity index (χ0v) is 40.8. The highest BCUT2D eigenvalue weighted by Gasteiger charge is 2.43. The Labute approximate surface area is 381 Å². The van der Waals surface area contributed by atoms with Crippen LogP contribution in [0.15, 0.2) is 54.6 Å². The lowest BCUT2D eigenvalue weighted by Crippen LogP contribution is -2.59. The van der Waals surface area contributed by atoms with Gasteiger partial charge in [-0.05, 0) is 68.0 Å². The number of amides is 5. The van der Waals surface area contributed by atoms with Crippen LogP contribution >= 0.6 is 0 Å². The van der Waals surface area contributed by atoms with E-state index in [1.807, 2.05) is 66.6 Å². The van der Waals surface area contributed by atoms with Gasteiger partial charge in [-0.3, -0.25) is 33.6 Å². The number of ether oxygens (including phenoxy) is 2. The molecular formula is C47H75N7O9S. The van der Waals surface area contributed by atoms with E-state index in [0.29, 0.717) is 42.6 Å². The van der Waals surface area contributed by atoms with Gasteiger partial charge in [-0.25, -0.2) is 8.42 Å². The van der Waals surface area contributed by atoms with Crippen LogP contribution in [0.4, 0.5) is 5.69 Å². The molecule has 2 aromatic carbocycles. The van der Waals surface area contributed by atoms with E-state index in [1.165, 1.54) is 14.2 Å². The number of likely N-dealkylation sites (tertiary alicyclic amines) is 1. The van der Waals surface area contributed by atoms with Crippen LogP contribution in [0.5, 0.6) is 0 Å². The highest BCUT2D eigenvalue weighted by atomic mass is 32.2. The molecule has 9 atom stereocenters. The Hall–Kier alpha value is -4.58. The lowest BCUT2D eigenvalue weighted by atomic mass is 9.89. The molecule has 0 unspecified atom stereocenters. The summed E-state index contributed by atoms with van der Waals surface area (Å²) in [7, 11) is 4.20. The summed E-state index contributed by atoms with van der Waals surface area (Å²) >= 11 is 0. The summed E-state index contributed by atoms with van der Waals surface area (Å²) in [5.41, 5.74) is 7.35. The van der Waals surface area contributed by atoms with E-state index in [9.17, 15) is 32.4 Å². The minimum Gasteiger partial charge on any atom is -0.399 e. The van der Waals surface area contributed by atoms with Gasteiger partial charge in [0.1, 0.15) is 12.1 Å². The fourth-order valence-corrected chi connectivity index (χ4v) is 10.0. The summed E-state index contributed by atoms with van der Waals surface area (Å²) in [6, 6.07) is 11.7. The molecule has 5 N–H and O–H groups in total. The minimum atomic E-state index is -4.16. The molecule has 16 nitrogen and oxygen atoms in total. The van der Waals surface area contributed by atoms with E-state index in [4.69, 9.17) is 15.2 Å². The number of sulfonamides is 1. The van der Waals surface area contributed by atoms with Gasteiger partial charge in [-0.1, -0.05) is 97.4 Å². The van der Waals surface area contributed by atoms with Gasteiger partial charge in [0, 0.05) is 39.9 Å². The van der Waals surface area contributed by atoms with Crippen molar-refractivity contribution in [2.75, 3.05) is 47.6 Å². The Morgan fingerprint density at radius 3 is 1.98 bits per heavy atom. The Morgan fingerprint density at radius 2 is 1.45 bits per heavy atom. The summed E-state index contributed by atoms with van der Waals surface area (Å²) in [4.78, 5) is 75.2. The third-order valence-corrected chi connectivity index (χ3v) is 13.7. The SMILES string of the molecule is CC[C@H](C)[C@@H]([C@@H](CC(=O)N1CCC[C@H]1[C@H](OC)[C@@H](C)C(=O)N[C@@H](Cc1ccccc1)C(=O)NS(=O)(=O)Cc1ccc(N)cc1)OC)N(C)C(=O)[C@@H](NC(=O)[C@H](C(C)C)N(C)C)C(C)C. The van der Waals surface area contributed by atoms with Gasteiger partial charge in [-0.2, -0.15) is 0 Å². The maximum atomic E-state index is 14.4. The molecule has 1 saturated heterocycles. The predicted molar refractivity (Wildman–Crippen MR) is 249 cm³/mol. The summed E-state index contributed by atoms with van der Waals surface area (Å²) in [6.45, 7) is 13.8. The first-order valence-electron chi connectivity index (χ1n) is 22.4. The van der Waals surface area contributed by atoms with E-state index >= 15 is 0 Å². The highest BCUT2D eigenvalue weighted by molar-refractivity contribution is 7.89. The molecule has 0 spiro atoms. The van der Waals surface area contributed by atoms with Crippen LogP contribution in [0, 0.1) is 23.7 Å². The number of nitrogens with two attached hydrogens (primary N) is 1. The largest absolute Gasteiger partial charge is 0.399 e. The van der Waals surface area contributed by atoms with Crippen molar-refractivity contribution in [2.45, 2.75) is 129 Å². The average molecular weight is 914 g/mol. The van der Waals surface area contributed by atoms with Crippen LogP contribution in [0.2, 0.25) is 0 Å². The van der Waals surface area contributed by atoms with Crippen molar-refractivity contribution in [2.24, 2.45) is 23.7 Å². The van der Waals surface area contributed by atoms with Crippen LogP contribution in [0.25, 0.3) is 0 Å². The van der Waals surface area contributed by atoms with E-state index in [0.717, 1.165) is 0 Å². The highest BCUT2D eigenvalue weighted by Crippen LogP contribution is 2.30. The van der Waals surface area contributed by atoms with Crippen LogP contribution < -0.4 is 21.1 Å². The quantitative estimate of drug-likeness (QED) is 0.112. The van der Waals surface area contributed by atoms with Crippen molar-refractivity contribution in [1.82, 2.24) is 30.1 Å². The molecule has 1 fully saturated rings. The number of hydrogen-bond donors (Lipinski definition) is 4. The Balaban J connectivity index is 1.82. The first-order chi connectivity index (χ1) is 30.1. The van der Waals surface area contributed by atoms with E-state index in [1.54, 1.807) is 72.3 Å². The molecule has 1 aliphatic rings. The molecule has 17 heteroatoms. The Bertz CT molecular complexity index is 1940. The van der Waals surface area contributed by atoms with Gasteiger partial charge in [0.15, 0.2) is 0 Å². The molecule has 2 aromatic rings. The van der Waals surface area contributed by atoms with Gasteiger partial charge in [0.05, 0.1) is 48.4 Å². The number of nitrogen functional groups attached to an aromatic ring is 1. The van der Waals surface area contributed by atoms with E-state index < -0.39 is 75.9 Å². The number of carbonyl (C=O) groups is 5. The second-order valence-corrected chi connectivity index (χ2v) is 19.9. The molecule has 0 bridgehead atoms. The number of rotatable bonds is 24. The summed E-state index contributed by atoms with van der Waals surface area (Å²) in [5, 5.41) is 5.81. The molecule has 64 heavy (non-hydrogen) atoms. The predicted octanol–water partition coefficient (Wildman–Crippen LogP) is 3.59. The first-order valence-corrected chi connectivity index (χ1v) is 24.0. The summed E-state index contributed by atoms with van der Waals surface area (Å²) < 4.78 is 40.4. The first kappa shape index (κ1) is 53.8. The fraction of sp³-hybridized carbons (Fsp3) is 0.638. The number of anilines is 1. The van der Waals surface area contributed by atoms with Crippen LogP contribution in [-0.2, 0) is 55.6 Å². The number of benzene rings is 2. The zero-order valence-electron chi connectivity index (χ0n) is 40.0. The molecule has 0 saturated carbocycles. The molecular weight excluding hydrogens is 839 g/mol. The standard InChI is InChI=1S/C47H75N7O9S/c1-13-31(6)42(53(10)47(59)40(29(2)3)50-46(58)41(30(4)5)52(8)9)38(62-11)27-39(55)54-25-17-20-37(54)43(63-12)32(7)44(56)49-36(26-33-18-15-14-16-19-33)45(57)51-64(60,61)28-34-21-23-35(48)24-22-34/h14-16,18-19,21-24,29-32,36-38,40-43H,13,17,20,25-28,48H2,1-12H3,(H,49,56)(H,50,58)(H,51,57)/t31-,32+,36-,37-,38+,40-,41-,42-,43+/m0/s1. The second-order valence-electron chi connectivity index (χ2n) is 18.2. The van der Waals surface area contributed by atoms with Gasteiger partial charge >= 0.3 is 0 Å². The molecule has 5 amide bonds. The number of hydrogen-bond acceptors (Lipinski definition) is 11. The number of carbonyl (C=O) groups excluding carboxylic acids is 5. The minimum absolute atomic E-state index is 0.0121. The molecule has 3 rings (SSSR count). The third kappa shape index (κ3) is 14.7. The van der Waals surface area contributed by atoms with Crippen molar-refractivity contribution in [3.63, 3.8) is 0 Å². The number of nitrogens with one attached hydrogen (secondary N) is 3. The van der Waals surface area contributed by atoms with Crippen molar-refractivity contribution >= 4 is 45.2 Å². The summed E-state index contributed by atoms with van der Waals surface area (Å²) in [5.74, 6) is -3.83. The molecule has 358 valence electrons. The van der Waals surface area contributed by atoms with Crippen molar-refractivity contribution in [3.05, 3.63) is 65.7 Å². The van der Waals surface area contributed by atoms with Crippen molar-refractivity contribution < 1.29 is 41.9 Å². The molecule has 1 aliphatic heterocycles. The van der Waals surface area contributed by atoms with E-state index in [-0.39, 0.29) is 48.3 Å². The van der Waals surface area contributed by atoms with E-state index in [2.05, 4.69) is 15.4 Å². The topological polar surface area (TPSA) is 210 Å². The number of nitrogens with zero attached hydrogens (tertiary/aromatic N) is 3. The van der Waals surface area contributed by atoms with Crippen LogP contribution in [-0.4, -0.2) is 137 Å². The Morgan fingerprint density at radius 1 is 0.828 bits per heavy atom. The van der Waals surface area contributed by atoms with Gasteiger partial charge in [-0.15, -0.1) is 0 Å². The zero-order chi connectivity index (χ0) is 48.1. The average Bonchev–Trinajstić information content (AvgIpc) is 3.72. The van der Waals surface area contributed by atoms with Crippen molar-refractivity contribution in [1.29, 1.82) is 0 Å². The lowest BCUT2D eigenvalue weighted by Gasteiger charge is -2.41. The number of methoxy groups -OCH3 is 2. The fourth-order valence-electron chi connectivity index (χ4n) is 8.87. The second kappa shape index (κ2) is 24.6. The van der Waals surface area contributed by atoms with Crippen molar-refractivity contribution in [3.8, 4) is 0 Å². The lowest BCUT2D eigenvalue weighted by molar-refractivity contribution is -0.148. The third-order valence-electron chi connectivity index (χ3n) is 12.5. The van der Waals surface area contributed by atoms with Gasteiger partial charge < -0.3 is 35.6 Å². The molecule has 1 heterocycles. The molecule has 0 radical (unpaired) electrons. The van der Waals surface area contributed by atoms with Gasteiger partial charge in [0.25, 0.3) is 5.91 Å². The number of likely N-dealkylation sites (N-methyl/N-ethyl adjacent to an activating group) is 2. The monoisotopic (exact) mass is 914 g/mol. The smallest absolute Gasteiger partial charge is 0.256 e. The normalized spacial score (nSPS) is 18.1.